The molecule has 2 rings (SSSR count). The van der Waals surface area contributed by atoms with Crippen molar-refractivity contribution in [2.45, 2.75) is 18.8 Å². The van der Waals surface area contributed by atoms with Gasteiger partial charge in [0.05, 0.1) is 5.92 Å². The molecule has 1 fully saturated rings. The number of amides is 1. The van der Waals surface area contributed by atoms with Gasteiger partial charge in [-0.2, -0.15) is 0 Å². The Labute approximate surface area is 127 Å². The van der Waals surface area contributed by atoms with Crippen LogP contribution < -0.4 is 5.73 Å². The molecule has 2 N–H and O–H groups in total. The lowest BCUT2D eigenvalue weighted by Crippen LogP contribution is -2.44. The predicted molar refractivity (Wildman–Crippen MR) is 86.1 cm³/mol. The van der Waals surface area contributed by atoms with E-state index in [1.807, 2.05) is 35.2 Å². The molecule has 1 atom stereocenters. The van der Waals surface area contributed by atoms with Crippen molar-refractivity contribution < 1.29 is 4.79 Å². The Hall–Kier alpha value is -1.39. The molecule has 1 amide bonds. The maximum atomic E-state index is 12.7. The maximum absolute atomic E-state index is 12.7. The molecule has 4 nitrogen and oxygen atoms in total. The summed E-state index contributed by atoms with van der Waals surface area (Å²) in [5.74, 6) is 0.695. The van der Waals surface area contributed by atoms with E-state index in [9.17, 15) is 4.79 Å². The van der Waals surface area contributed by atoms with Crippen LogP contribution in [0.4, 0.5) is 0 Å². The number of hydrogen-bond acceptors (Lipinski definition) is 3. The first-order chi connectivity index (χ1) is 10.1. The molecule has 1 unspecified atom stereocenters. The third kappa shape index (κ3) is 4.29. The van der Waals surface area contributed by atoms with Gasteiger partial charge in [-0.25, -0.2) is 0 Å². The van der Waals surface area contributed by atoms with Crippen LogP contribution in [0.3, 0.4) is 0 Å². The van der Waals surface area contributed by atoms with E-state index >= 15 is 0 Å². The van der Waals surface area contributed by atoms with Crippen LogP contribution in [0.15, 0.2) is 30.3 Å². The second-order valence-corrected chi connectivity index (χ2v) is 6.23. The van der Waals surface area contributed by atoms with Crippen LogP contribution in [-0.4, -0.2) is 56.0 Å². The van der Waals surface area contributed by atoms with Gasteiger partial charge in [0.1, 0.15) is 0 Å². The van der Waals surface area contributed by atoms with Gasteiger partial charge >= 0.3 is 0 Å². The van der Waals surface area contributed by atoms with Crippen LogP contribution in [0, 0.1) is 5.92 Å². The van der Waals surface area contributed by atoms with Gasteiger partial charge in [0.15, 0.2) is 0 Å². The fourth-order valence-corrected chi connectivity index (χ4v) is 3.14. The van der Waals surface area contributed by atoms with Crippen molar-refractivity contribution in [1.29, 1.82) is 0 Å². The van der Waals surface area contributed by atoms with E-state index in [0.29, 0.717) is 12.5 Å². The molecular formula is C17H27N3O. The lowest BCUT2D eigenvalue weighted by molar-refractivity contribution is -0.134. The highest BCUT2D eigenvalue weighted by Gasteiger charge is 2.28. The molecule has 0 aromatic heterocycles. The van der Waals surface area contributed by atoms with Gasteiger partial charge in [-0.1, -0.05) is 30.3 Å². The lowest BCUT2D eigenvalue weighted by Gasteiger charge is -2.35. The van der Waals surface area contributed by atoms with E-state index < -0.39 is 0 Å². The van der Waals surface area contributed by atoms with Gasteiger partial charge < -0.3 is 15.5 Å². The first-order valence-electron chi connectivity index (χ1n) is 7.80. The van der Waals surface area contributed by atoms with Crippen LogP contribution in [0.5, 0.6) is 0 Å². The van der Waals surface area contributed by atoms with Crippen LogP contribution in [0.1, 0.15) is 24.3 Å². The number of nitrogens with zero attached hydrogens (tertiary/aromatic N) is 2. The zero-order valence-corrected chi connectivity index (χ0v) is 13.2. The molecule has 116 valence electrons. The number of likely N-dealkylation sites (tertiary alicyclic amines) is 1. The standard InChI is InChI=1S/C17H27N3O/c1-19(2)13-14-8-10-20(11-9-14)17(21)16(12-18)15-6-4-3-5-7-15/h3-7,14,16H,8-13,18H2,1-2H3. The third-order valence-corrected chi connectivity index (χ3v) is 4.29. The fourth-order valence-electron chi connectivity index (χ4n) is 3.14. The van der Waals surface area contributed by atoms with Crippen molar-refractivity contribution in [3.8, 4) is 0 Å². The Balaban J connectivity index is 1.94. The number of carbonyl (C=O) groups is 1. The molecule has 0 spiro atoms. The third-order valence-electron chi connectivity index (χ3n) is 4.29. The molecule has 4 heteroatoms. The smallest absolute Gasteiger partial charge is 0.231 e. The highest BCUT2D eigenvalue weighted by atomic mass is 16.2. The monoisotopic (exact) mass is 289 g/mol. The van der Waals surface area contributed by atoms with E-state index in [0.717, 1.165) is 38.0 Å². The van der Waals surface area contributed by atoms with Gasteiger partial charge in [0.25, 0.3) is 0 Å². The molecular weight excluding hydrogens is 262 g/mol. The Morgan fingerprint density at radius 2 is 1.90 bits per heavy atom. The number of nitrogens with two attached hydrogens (primary N) is 1. The topological polar surface area (TPSA) is 49.6 Å². The minimum Gasteiger partial charge on any atom is -0.342 e. The average Bonchev–Trinajstić information content (AvgIpc) is 2.49. The zero-order chi connectivity index (χ0) is 15.2. The molecule has 1 aliphatic rings. The quantitative estimate of drug-likeness (QED) is 0.894. The summed E-state index contributed by atoms with van der Waals surface area (Å²) in [6.07, 6.45) is 2.19. The predicted octanol–water partition coefficient (Wildman–Crippen LogP) is 1.53. The van der Waals surface area contributed by atoms with Gasteiger partial charge in [0, 0.05) is 26.2 Å². The second kappa shape index (κ2) is 7.57. The summed E-state index contributed by atoms with van der Waals surface area (Å²) in [6.45, 7) is 3.21. The van der Waals surface area contributed by atoms with Crippen LogP contribution in [-0.2, 0) is 4.79 Å². The summed E-state index contributed by atoms with van der Waals surface area (Å²) in [5.41, 5.74) is 6.88. The molecule has 1 aromatic rings. The van der Waals surface area contributed by atoms with Crippen LogP contribution in [0.2, 0.25) is 0 Å². The molecule has 0 saturated carbocycles. The molecule has 1 saturated heterocycles. The zero-order valence-electron chi connectivity index (χ0n) is 13.2. The molecule has 1 aliphatic heterocycles. The number of piperidine rings is 1. The van der Waals surface area contributed by atoms with Crippen LogP contribution in [0.25, 0.3) is 0 Å². The molecule has 21 heavy (non-hydrogen) atoms. The Morgan fingerprint density at radius 1 is 1.29 bits per heavy atom. The Kier molecular flexibility index (Phi) is 5.76. The normalized spacial score (nSPS) is 18.0. The highest BCUT2D eigenvalue weighted by Crippen LogP contribution is 2.23. The number of hydrogen-bond donors (Lipinski definition) is 1. The minimum absolute atomic E-state index is 0.187. The Bertz CT molecular complexity index is 439. The van der Waals surface area contributed by atoms with Crippen molar-refractivity contribution in [3.05, 3.63) is 35.9 Å². The molecule has 0 aliphatic carbocycles. The van der Waals surface area contributed by atoms with E-state index in [1.54, 1.807) is 0 Å². The summed E-state index contributed by atoms with van der Waals surface area (Å²) in [4.78, 5) is 16.9. The fraction of sp³-hybridized carbons (Fsp3) is 0.588. The van der Waals surface area contributed by atoms with E-state index in [1.165, 1.54) is 0 Å². The van der Waals surface area contributed by atoms with Gasteiger partial charge in [-0.15, -0.1) is 0 Å². The second-order valence-electron chi connectivity index (χ2n) is 6.23. The van der Waals surface area contributed by atoms with Crippen molar-refractivity contribution >= 4 is 5.91 Å². The summed E-state index contributed by atoms with van der Waals surface area (Å²) < 4.78 is 0. The van der Waals surface area contributed by atoms with Gasteiger partial charge in [-0.3, -0.25) is 4.79 Å². The minimum atomic E-state index is -0.198. The van der Waals surface area contributed by atoms with E-state index in [4.69, 9.17) is 5.73 Å². The first kappa shape index (κ1) is 16.0. The number of rotatable bonds is 5. The van der Waals surface area contributed by atoms with Crippen molar-refractivity contribution in [1.82, 2.24) is 9.80 Å². The summed E-state index contributed by atoms with van der Waals surface area (Å²) >= 11 is 0. The first-order valence-corrected chi connectivity index (χ1v) is 7.80. The SMILES string of the molecule is CN(C)CC1CCN(C(=O)C(CN)c2ccccc2)CC1. The van der Waals surface area contributed by atoms with E-state index in [2.05, 4.69) is 19.0 Å². The summed E-state index contributed by atoms with van der Waals surface area (Å²) in [5, 5.41) is 0. The summed E-state index contributed by atoms with van der Waals surface area (Å²) in [6, 6.07) is 9.89. The van der Waals surface area contributed by atoms with E-state index in [-0.39, 0.29) is 11.8 Å². The number of benzene rings is 1. The van der Waals surface area contributed by atoms with Gasteiger partial charge in [0.2, 0.25) is 5.91 Å². The lowest BCUT2D eigenvalue weighted by atomic mass is 9.93. The Morgan fingerprint density at radius 3 is 2.43 bits per heavy atom. The largest absolute Gasteiger partial charge is 0.342 e. The molecule has 1 aromatic carbocycles. The number of carbonyl (C=O) groups excluding carboxylic acids is 1. The molecule has 0 radical (unpaired) electrons. The molecule has 0 bridgehead atoms. The van der Waals surface area contributed by atoms with Crippen molar-refractivity contribution in [2.75, 3.05) is 40.3 Å². The average molecular weight is 289 g/mol. The summed E-state index contributed by atoms with van der Waals surface area (Å²) in [7, 11) is 4.22. The highest BCUT2D eigenvalue weighted by molar-refractivity contribution is 5.84. The van der Waals surface area contributed by atoms with Gasteiger partial charge in [-0.05, 0) is 38.4 Å². The molecule has 1 heterocycles. The van der Waals surface area contributed by atoms with Crippen LogP contribution >= 0.6 is 0 Å². The van der Waals surface area contributed by atoms with Crippen molar-refractivity contribution in [2.24, 2.45) is 11.7 Å². The van der Waals surface area contributed by atoms with Crippen molar-refractivity contribution in [3.63, 3.8) is 0 Å². The maximum Gasteiger partial charge on any atom is 0.231 e.